The number of nitrogens with one attached hydrogen (secondary N) is 2. The van der Waals surface area contributed by atoms with Gasteiger partial charge in [0.2, 0.25) is 0 Å². The summed E-state index contributed by atoms with van der Waals surface area (Å²) in [6.45, 7) is 2.97. The van der Waals surface area contributed by atoms with Crippen LogP contribution in [0.2, 0.25) is 0 Å². The number of amides is 1. The van der Waals surface area contributed by atoms with E-state index in [4.69, 9.17) is 15.2 Å². The van der Waals surface area contributed by atoms with Crippen molar-refractivity contribution in [1.29, 1.82) is 0 Å². The standard InChI is InChI=1S/C25H28N4O3/c1-18-11-12-20(23(13-18)32-21-8-4-3-5-9-21)16-29-25(27-2)28-15-19-7-6-10-22(14-19)31-17-24(26)30/h3-14H,15-17H2,1-2H3,(H2,26,30)(H2,27,28,29). The van der Waals surface area contributed by atoms with E-state index in [1.807, 2.05) is 67.6 Å². The van der Waals surface area contributed by atoms with E-state index in [2.05, 4.69) is 21.7 Å². The zero-order chi connectivity index (χ0) is 22.8. The van der Waals surface area contributed by atoms with Crippen LogP contribution in [-0.2, 0) is 17.9 Å². The van der Waals surface area contributed by atoms with Crippen molar-refractivity contribution in [3.63, 3.8) is 0 Å². The van der Waals surface area contributed by atoms with Crippen molar-refractivity contribution in [2.75, 3.05) is 13.7 Å². The Balaban J connectivity index is 1.59. The molecule has 0 fully saturated rings. The van der Waals surface area contributed by atoms with Gasteiger partial charge in [-0.25, -0.2) is 0 Å². The Kier molecular flexibility index (Phi) is 8.09. The molecule has 0 spiro atoms. The molecule has 4 N–H and O–H groups in total. The van der Waals surface area contributed by atoms with Gasteiger partial charge < -0.3 is 25.8 Å². The molecule has 32 heavy (non-hydrogen) atoms. The first-order valence-electron chi connectivity index (χ1n) is 10.3. The van der Waals surface area contributed by atoms with E-state index in [1.165, 1.54) is 0 Å². The van der Waals surface area contributed by atoms with Crippen LogP contribution in [-0.4, -0.2) is 25.5 Å². The fourth-order valence-corrected chi connectivity index (χ4v) is 3.00. The highest BCUT2D eigenvalue weighted by Gasteiger charge is 2.08. The molecular weight excluding hydrogens is 404 g/mol. The second kappa shape index (κ2) is 11.4. The third kappa shape index (κ3) is 7.05. The Morgan fingerprint density at radius 3 is 2.44 bits per heavy atom. The minimum atomic E-state index is -0.509. The third-order valence-corrected chi connectivity index (χ3v) is 4.60. The van der Waals surface area contributed by atoms with Crippen LogP contribution in [0.1, 0.15) is 16.7 Å². The molecule has 1 amide bonds. The molecule has 0 aliphatic carbocycles. The van der Waals surface area contributed by atoms with Gasteiger partial charge in [0.25, 0.3) is 5.91 Å². The third-order valence-electron chi connectivity index (χ3n) is 4.60. The molecule has 0 aliphatic rings. The van der Waals surface area contributed by atoms with Gasteiger partial charge >= 0.3 is 0 Å². The lowest BCUT2D eigenvalue weighted by Crippen LogP contribution is -2.36. The first-order valence-corrected chi connectivity index (χ1v) is 10.3. The molecule has 3 aromatic carbocycles. The summed E-state index contributed by atoms with van der Waals surface area (Å²) in [5.74, 6) is 2.33. The molecule has 0 atom stereocenters. The Bertz CT molecular complexity index is 1070. The van der Waals surface area contributed by atoms with E-state index >= 15 is 0 Å². The Morgan fingerprint density at radius 1 is 0.938 bits per heavy atom. The Morgan fingerprint density at radius 2 is 1.69 bits per heavy atom. The molecule has 3 aromatic rings. The second-order valence-corrected chi connectivity index (χ2v) is 7.21. The van der Waals surface area contributed by atoms with E-state index < -0.39 is 5.91 Å². The van der Waals surface area contributed by atoms with Gasteiger partial charge in [0.05, 0.1) is 0 Å². The molecule has 0 unspecified atom stereocenters. The molecule has 3 rings (SSSR count). The van der Waals surface area contributed by atoms with Crippen LogP contribution < -0.4 is 25.8 Å². The number of hydrogen-bond acceptors (Lipinski definition) is 4. The van der Waals surface area contributed by atoms with Crippen LogP contribution in [0.3, 0.4) is 0 Å². The van der Waals surface area contributed by atoms with E-state index in [1.54, 1.807) is 13.1 Å². The maximum Gasteiger partial charge on any atom is 0.255 e. The number of nitrogens with two attached hydrogens (primary N) is 1. The largest absolute Gasteiger partial charge is 0.484 e. The van der Waals surface area contributed by atoms with Crippen LogP contribution in [0.25, 0.3) is 0 Å². The highest BCUT2D eigenvalue weighted by atomic mass is 16.5. The van der Waals surface area contributed by atoms with Gasteiger partial charge in [-0.15, -0.1) is 0 Å². The van der Waals surface area contributed by atoms with Gasteiger partial charge in [-0.1, -0.05) is 42.5 Å². The molecule has 0 aromatic heterocycles. The van der Waals surface area contributed by atoms with E-state index in [9.17, 15) is 4.79 Å². The summed E-state index contributed by atoms with van der Waals surface area (Å²) in [6.07, 6.45) is 0. The maximum absolute atomic E-state index is 10.9. The van der Waals surface area contributed by atoms with Gasteiger partial charge in [-0.2, -0.15) is 0 Å². The zero-order valence-corrected chi connectivity index (χ0v) is 18.3. The first-order chi connectivity index (χ1) is 15.5. The van der Waals surface area contributed by atoms with Crippen molar-refractivity contribution in [1.82, 2.24) is 10.6 Å². The predicted octanol–water partition coefficient (Wildman–Crippen LogP) is 3.52. The fraction of sp³-hybridized carbons (Fsp3) is 0.200. The number of guanidine groups is 1. The summed E-state index contributed by atoms with van der Waals surface area (Å²) < 4.78 is 11.4. The molecule has 7 nitrogen and oxygen atoms in total. The van der Waals surface area contributed by atoms with Gasteiger partial charge in [0, 0.05) is 25.7 Å². The fourth-order valence-electron chi connectivity index (χ4n) is 3.00. The number of ether oxygens (including phenoxy) is 2. The van der Waals surface area contributed by atoms with Crippen LogP contribution in [0.4, 0.5) is 0 Å². The molecule has 0 saturated heterocycles. The number of nitrogens with zero attached hydrogens (tertiary/aromatic N) is 1. The van der Waals surface area contributed by atoms with Gasteiger partial charge in [0.15, 0.2) is 12.6 Å². The number of benzene rings is 3. The first kappa shape index (κ1) is 22.7. The van der Waals surface area contributed by atoms with Crippen molar-refractivity contribution in [2.24, 2.45) is 10.7 Å². The topological polar surface area (TPSA) is 98.0 Å². The maximum atomic E-state index is 10.9. The van der Waals surface area contributed by atoms with Gasteiger partial charge in [-0.3, -0.25) is 9.79 Å². The molecule has 0 aliphatic heterocycles. The summed E-state index contributed by atoms with van der Waals surface area (Å²) >= 11 is 0. The monoisotopic (exact) mass is 432 g/mol. The SMILES string of the molecule is CN=C(NCc1cccc(OCC(N)=O)c1)NCc1ccc(C)cc1Oc1ccccc1. The summed E-state index contributed by atoms with van der Waals surface area (Å²) in [5.41, 5.74) is 8.26. The molecule has 0 saturated carbocycles. The highest BCUT2D eigenvalue weighted by molar-refractivity contribution is 5.79. The van der Waals surface area contributed by atoms with E-state index in [0.717, 1.165) is 28.2 Å². The van der Waals surface area contributed by atoms with Crippen molar-refractivity contribution in [2.45, 2.75) is 20.0 Å². The minimum Gasteiger partial charge on any atom is -0.484 e. The lowest BCUT2D eigenvalue weighted by atomic mass is 10.1. The average molecular weight is 433 g/mol. The number of rotatable bonds is 9. The van der Waals surface area contributed by atoms with Crippen molar-refractivity contribution in [3.8, 4) is 17.2 Å². The van der Waals surface area contributed by atoms with Crippen molar-refractivity contribution in [3.05, 3.63) is 89.5 Å². The minimum absolute atomic E-state index is 0.149. The smallest absolute Gasteiger partial charge is 0.255 e. The van der Waals surface area contributed by atoms with Crippen LogP contribution in [0, 0.1) is 6.92 Å². The van der Waals surface area contributed by atoms with Crippen LogP contribution in [0.15, 0.2) is 77.8 Å². The Labute approximate surface area is 188 Å². The van der Waals surface area contributed by atoms with Crippen LogP contribution >= 0.6 is 0 Å². The normalized spacial score (nSPS) is 11.0. The second-order valence-electron chi connectivity index (χ2n) is 7.21. The molecule has 0 bridgehead atoms. The number of para-hydroxylation sites is 1. The van der Waals surface area contributed by atoms with E-state index in [0.29, 0.717) is 24.8 Å². The lowest BCUT2D eigenvalue weighted by Gasteiger charge is -2.15. The Hall–Kier alpha value is -4.00. The van der Waals surface area contributed by atoms with Crippen molar-refractivity contribution < 1.29 is 14.3 Å². The molecule has 0 heterocycles. The predicted molar refractivity (Wildman–Crippen MR) is 126 cm³/mol. The summed E-state index contributed by atoms with van der Waals surface area (Å²) in [6, 6.07) is 23.3. The zero-order valence-electron chi connectivity index (χ0n) is 18.3. The van der Waals surface area contributed by atoms with Gasteiger partial charge in [0.1, 0.15) is 17.2 Å². The molecule has 0 radical (unpaired) electrons. The lowest BCUT2D eigenvalue weighted by molar-refractivity contribution is -0.119. The quantitative estimate of drug-likeness (QED) is 0.355. The van der Waals surface area contributed by atoms with Gasteiger partial charge in [-0.05, 0) is 48.4 Å². The van der Waals surface area contributed by atoms with Crippen molar-refractivity contribution >= 4 is 11.9 Å². The number of primary amides is 1. The number of carbonyl (C=O) groups is 1. The molecular formula is C25H28N4O3. The number of aryl methyl sites for hydroxylation is 1. The number of hydrogen-bond donors (Lipinski definition) is 3. The summed E-state index contributed by atoms with van der Waals surface area (Å²) in [7, 11) is 1.72. The molecule has 7 heteroatoms. The average Bonchev–Trinajstić information content (AvgIpc) is 2.80. The van der Waals surface area contributed by atoms with Crippen LogP contribution in [0.5, 0.6) is 17.2 Å². The number of carbonyl (C=O) groups excluding carboxylic acids is 1. The molecule has 166 valence electrons. The highest BCUT2D eigenvalue weighted by Crippen LogP contribution is 2.26. The number of aliphatic imine (C=N–C) groups is 1. The summed E-state index contributed by atoms with van der Waals surface area (Å²) in [5, 5.41) is 6.60. The van der Waals surface area contributed by atoms with E-state index in [-0.39, 0.29) is 6.61 Å². The summed E-state index contributed by atoms with van der Waals surface area (Å²) in [4.78, 5) is 15.2.